The minimum absolute atomic E-state index is 0.0405. The summed E-state index contributed by atoms with van der Waals surface area (Å²) in [6.07, 6.45) is 6.16. The minimum atomic E-state index is -0.529. The lowest BCUT2D eigenvalue weighted by atomic mass is 9.54. The van der Waals surface area contributed by atoms with Crippen LogP contribution in [0, 0.1) is 23.2 Å². The highest BCUT2D eigenvalue weighted by molar-refractivity contribution is 6.13. The van der Waals surface area contributed by atoms with Crippen LogP contribution in [0.5, 0.6) is 0 Å². The number of hydrogen-bond donors (Lipinski definition) is 1. The first kappa shape index (κ1) is 17.9. The molecule has 2 aliphatic carbocycles. The summed E-state index contributed by atoms with van der Waals surface area (Å²) >= 11 is 0. The van der Waals surface area contributed by atoms with E-state index in [-0.39, 0.29) is 22.9 Å². The fraction of sp³-hybridized carbons (Fsp3) is 0.684. The van der Waals surface area contributed by atoms with Crippen LogP contribution in [-0.4, -0.2) is 24.7 Å². The SMILES string of the molecule is CC(C)=CCC1C[C@H]2C(=O)[C@H](C(=O)C=C2OCCCN)C1(C)C. The first-order chi connectivity index (χ1) is 10.8. The van der Waals surface area contributed by atoms with E-state index in [9.17, 15) is 9.59 Å². The molecule has 2 bridgehead atoms. The average molecular weight is 319 g/mol. The lowest BCUT2D eigenvalue weighted by Crippen LogP contribution is -2.52. The van der Waals surface area contributed by atoms with Gasteiger partial charge >= 0.3 is 0 Å². The number of fused-ring (bicyclic) bond motifs is 2. The van der Waals surface area contributed by atoms with E-state index >= 15 is 0 Å². The summed E-state index contributed by atoms with van der Waals surface area (Å²) < 4.78 is 5.72. The molecule has 0 radical (unpaired) electrons. The highest BCUT2D eigenvalue weighted by Gasteiger charge is 2.54. The Labute approximate surface area is 139 Å². The van der Waals surface area contributed by atoms with Crippen molar-refractivity contribution in [3.8, 4) is 0 Å². The van der Waals surface area contributed by atoms with E-state index in [0.717, 1.165) is 19.3 Å². The lowest BCUT2D eigenvalue weighted by molar-refractivity contribution is -0.147. The molecule has 4 nitrogen and oxygen atoms in total. The maximum absolute atomic E-state index is 12.8. The second-order valence-corrected chi connectivity index (χ2v) is 7.60. The quantitative estimate of drug-likeness (QED) is 0.464. The first-order valence-electron chi connectivity index (χ1n) is 8.54. The second kappa shape index (κ2) is 7.00. The van der Waals surface area contributed by atoms with Gasteiger partial charge in [-0.1, -0.05) is 25.5 Å². The van der Waals surface area contributed by atoms with Crippen molar-refractivity contribution in [3.05, 3.63) is 23.5 Å². The Balaban J connectivity index is 2.26. The number of hydrogen-bond acceptors (Lipinski definition) is 4. The molecule has 0 amide bonds. The average Bonchev–Trinajstić information content (AvgIpc) is 2.44. The fourth-order valence-corrected chi connectivity index (χ4v) is 3.79. The Bertz CT molecular complexity index is 541. The van der Waals surface area contributed by atoms with Gasteiger partial charge in [0.15, 0.2) is 11.6 Å². The zero-order chi connectivity index (χ0) is 17.2. The molecule has 0 spiro atoms. The first-order valence-corrected chi connectivity index (χ1v) is 8.54. The molecule has 2 rings (SSSR count). The molecule has 128 valence electrons. The van der Waals surface area contributed by atoms with Crippen LogP contribution in [0.1, 0.15) is 47.0 Å². The molecule has 2 aliphatic rings. The Morgan fingerprint density at radius 3 is 2.70 bits per heavy atom. The Morgan fingerprint density at radius 1 is 1.39 bits per heavy atom. The molecular weight excluding hydrogens is 290 g/mol. The van der Waals surface area contributed by atoms with E-state index in [1.54, 1.807) is 6.08 Å². The number of nitrogens with two attached hydrogens (primary N) is 1. The van der Waals surface area contributed by atoms with Crippen molar-refractivity contribution < 1.29 is 14.3 Å². The maximum atomic E-state index is 12.8. The summed E-state index contributed by atoms with van der Waals surface area (Å²) in [5.74, 6) is 0.00980. The monoisotopic (exact) mass is 319 g/mol. The van der Waals surface area contributed by atoms with Crippen molar-refractivity contribution in [3.63, 3.8) is 0 Å². The number of Topliss-reactive ketones (excluding diaryl/α,β-unsaturated/α-hetero) is 1. The predicted octanol–water partition coefficient (Wildman–Crippen LogP) is 3.02. The van der Waals surface area contributed by atoms with Crippen LogP contribution in [-0.2, 0) is 14.3 Å². The van der Waals surface area contributed by atoms with Gasteiger partial charge in [0.25, 0.3) is 0 Å². The zero-order valence-electron chi connectivity index (χ0n) is 14.7. The number of ketones is 2. The van der Waals surface area contributed by atoms with Gasteiger partial charge in [0, 0.05) is 6.08 Å². The lowest BCUT2D eigenvalue weighted by Gasteiger charge is -2.48. The molecule has 0 saturated heterocycles. The van der Waals surface area contributed by atoms with Gasteiger partial charge in [-0.2, -0.15) is 0 Å². The van der Waals surface area contributed by atoms with Crippen molar-refractivity contribution in [1.29, 1.82) is 0 Å². The molecular formula is C19H29NO3. The zero-order valence-corrected chi connectivity index (χ0v) is 14.7. The van der Waals surface area contributed by atoms with E-state index in [1.807, 2.05) is 0 Å². The molecule has 0 aromatic rings. The van der Waals surface area contributed by atoms with E-state index < -0.39 is 5.92 Å². The van der Waals surface area contributed by atoms with Gasteiger partial charge in [0.2, 0.25) is 0 Å². The van der Waals surface area contributed by atoms with Gasteiger partial charge in [-0.05, 0) is 51.0 Å². The van der Waals surface area contributed by atoms with Crippen LogP contribution < -0.4 is 5.73 Å². The molecule has 2 N–H and O–H groups in total. The van der Waals surface area contributed by atoms with Crippen molar-refractivity contribution in [2.45, 2.75) is 47.0 Å². The van der Waals surface area contributed by atoms with Gasteiger partial charge < -0.3 is 10.5 Å². The van der Waals surface area contributed by atoms with Gasteiger partial charge in [0.1, 0.15) is 5.76 Å². The maximum Gasteiger partial charge on any atom is 0.170 e. The summed E-state index contributed by atoms with van der Waals surface area (Å²) in [4.78, 5) is 25.3. The van der Waals surface area contributed by atoms with Crippen molar-refractivity contribution in [1.82, 2.24) is 0 Å². The van der Waals surface area contributed by atoms with Crippen LogP contribution in [0.4, 0.5) is 0 Å². The summed E-state index contributed by atoms with van der Waals surface area (Å²) in [6, 6.07) is 0. The third-order valence-electron chi connectivity index (χ3n) is 5.28. The molecule has 0 aromatic carbocycles. The summed E-state index contributed by atoms with van der Waals surface area (Å²) in [7, 11) is 0. The number of rotatable bonds is 6. The highest BCUT2D eigenvalue weighted by Crippen LogP contribution is 2.51. The third kappa shape index (κ3) is 3.57. The topological polar surface area (TPSA) is 69.4 Å². The molecule has 0 aliphatic heterocycles. The summed E-state index contributed by atoms with van der Waals surface area (Å²) in [5.41, 5.74) is 6.44. The Morgan fingerprint density at radius 2 is 2.09 bits per heavy atom. The number of carbonyl (C=O) groups is 2. The molecule has 1 unspecified atom stereocenters. The molecule has 23 heavy (non-hydrogen) atoms. The van der Waals surface area contributed by atoms with Gasteiger partial charge in [-0.15, -0.1) is 0 Å². The van der Waals surface area contributed by atoms with Crippen molar-refractivity contribution in [2.75, 3.05) is 13.2 Å². The van der Waals surface area contributed by atoms with Crippen molar-refractivity contribution >= 4 is 11.6 Å². The molecule has 3 atom stereocenters. The van der Waals surface area contributed by atoms with Crippen LogP contribution >= 0.6 is 0 Å². The molecule has 0 aromatic heterocycles. The highest BCUT2D eigenvalue weighted by atomic mass is 16.5. The van der Waals surface area contributed by atoms with Crippen LogP contribution in [0.15, 0.2) is 23.5 Å². The summed E-state index contributed by atoms with van der Waals surface area (Å²) in [5, 5.41) is 0. The normalized spacial score (nSPS) is 29.1. The summed E-state index contributed by atoms with van der Waals surface area (Å²) in [6.45, 7) is 9.27. The van der Waals surface area contributed by atoms with E-state index in [4.69, 9.17) is 10.5 Å². The van der Waals surface area contributed by atoms with Gasteiger partial charge in [-0.3, -0.25) is 9.59 Å². The standard InChI is InChI=1S/C19H29NO3/c1-12(2)6-7-13-10-14-16(23-9-5-8-20)11-15(21)17(18(14)22)19(13,3)4/h6,11,13-14,17H,5,7-10,20H2,1-4H3/t13?,14-,17+/m1/s1. The number of allylic oxidation sites excluding steroid dienone is 4. The Hall–Kier alpha value is -1.42. The fourth-order valence-electron chi connectivity index (χ4n) is 3.79. The largest absolute Gasteiger partial charge is 0.497 e. The van der Waals surface area contributed by atoms with Crippen LogP contribution in [0.25, 0.3) is 0 Å². The third-order valence-corrected chi connectivity index (χ3v) is 5.28. The molecule has 0 heterocycles. The molecule has 4 heteroatoms. The number of ether oxygens (including phenoxy) is 1. The smallest absolute Gasteiger partial charge is 0.170 e. The van der Waals surface area contributed by atoms with E-state index in [1.165, 1.54) is 5.57 Å². The molecule has 1 saturated carbocycles. The van der Waals surface area contributed by atoms with Crippen LogP contribution in [0.3, 0.4) is 0 Å². The molecule has 1 fully saturated rings. The number of carbonyl (C=O) groups excluding carboxylic acids is 2. The van der Waals surface area contributed by atoms with Crippen LogP contribution in [0.2, 0.25) is 0 Å². The van der Waals surface area contributed by atoms with E-state index in [0.29, 0.717) is 24.8 Å². The predicted molar refractivity (Wildman–Crippen MR) is 90.6 cm³/mol. The van der Waals surface area contributed by atoms with Gasteiger partial charge in [-0.25, -0.2) is 0 Å². The van der Waals surface area contributed by atoms with Crippen molar-refractivity contribution in [2.24, 2.45) is 28.9 Å². The minimum Gasteiger partial charge on any atom is -0.497 e. The van der Waals surface area contributed by atoms with Gasteiger partial charge in [0.05, 0.1) is 18.4 Å². The second-order valence-electron chi connectivity index (χ2n) is 7.60. The Kier molecular flexibility index (Phi) is 5.45. The van der Waals surface area contributed by atoms with E-state index in [2.05, 4.69) is 33.8 Å².